The van der Waals surface area contributed by atoms with Crippen LogP contribution < -0.4 is 16.0 Å². The molecule has 0 unspecified atom stereocenters. The lowest BCUT2D eigenvalue weighted by Crippen LogP contribution is -2.37. The van der Waals surface area contributed by atoms with Gasteiger partial charge < -0.3 is 9.94 Å². The lowest BCUT2D eigenvalue weighted by molar-refractivity contribution is 0.153. The molecule has 0 spiro atoms. The van der Waals surface area contributed by atoms with E-state index >= 15 is 0 Å². The van der Waals surface area contributed by atoms with Crippen LogP contribution in [0.25, 0.3) is 11.1 Å². The maximum absolute atomic E-state index is 11.7. The fourth-order valence-electron chi connectivity index (χ4n) is 2.32. The van der Waals surface area contributed by atoms with Crippen molar-refractivity contribution in [1.29, 1.82) is 5.26 Å². The van der Waals surface area contributed by atoms with E-state index in [2.05, 4.69) is 6.07 Å². The summed E-state index contributed by atoms with van der Waals surface area (Å²) in [7, 11) is 1.38. The molecule has 0 aliphatic heterocycles. The molecule has 124 valence electrons. The summed E-state index contributed by atoms with van der Waals surface area (Å²) in [6, 6.07) is 17.2. The Bertz CT molecular complexity index is 1110. The summed E-state index contributed by atoms with van der Waals surface area (Å²) in [4.78, 5) is 23.3. The zero-order valence-electron chi connectivity index (χ0n) is 13.2. The van der Waals surface area contributed by atoms with Crippen LogP contribution in [-0.4, -0.2) is 14.5 Å². The number of ether oxygens (including phenoxy) is 1. The lowest BCUT2D eigenvalue weighted by Gasteiger charge is -2.11. The molecule has 0 aliphatic rings. The largest absolute Gasteiger partial charge is 0.440 e. The van der Waals surface area contributed by atoms with E-state index in [9.17, 15) is 14.8 Å². The zero-order valence-corrected chi connectivity index (χ0v) is 13.2. The molecule has 2 aromatic carbocycles. The minimum Gasteiger partial charge on any atom is -0.440 e. The summed E-state index contributed by atoms with van der Waals surface area (Å²) in [5.41, 5.74) is 0.411. The van der Waals surface area contributed by atoms with Gasteiger partial charge in [-0.2, -0.15) is 5.26 Å². The van der Waals surface area contributed by atoms with Crippen molar-refractivity contribution in [3.05, 3.63) is 81.0 Å². The van der Waals surface area contributed by atoms with E-state index < -0.39 is 11.2 Å². The van der Waals surface area contributed by atoms with Gasteiger partial charge in [-0.15, -0.1) is 0 Å². The number of benzene rings is 2. The molecular formula is C18H13N3O4. The van der Waals surface area contributed by atoms with Gasteiger partial charge in [0.2, 0.25) is 5.88 Å². The Morgan fingerprint density at radius 2 is 1.72 bits per heavy atom. The average molecular weight is 335 g/mol. The van der Waals surface area contributed by atoms with Gasteiger partial charge in [-0.05, 0) is 35.4 Å². The molecule has 0 fully saturated rings. The van der Waals surface area contributed by atoms with Gasteiger partial charge >= 0.3 is 5.69 Å². The van der Waals surface area contributed by atoms with E-state index in [-0.39, 0.29) is 10.6 Å². The van der Waals surface area contributed by atoms with Gasteiger partial charge in [0, 0.05) is 7.05 Å². The van der Waals surface area contributed by atoms with Gasteiger partial charge in [0.15, 0.2) is 0 Å². The predicted molar refractivity (Wildman–Crippen MR) is 89.8 cm³/mol. The predicted octanol–water partition coefficient (Wildman–Crippen LogP) is 2.12. The minimum absolute atomic E-state index is 0.00299. The van der Waals surface area contributed by atoms with E-state index in [0.717, 1.165) is 21.8 Å². The third-order valence-electron chi connectivity index (χ3n) is 3.64. The highest BCUT2D eigenvalue weighted by Crippen LogP contribution is 2.27. The van der Waals surface area contributed by atoms with Crippen molar-refractivity contribution in [3.8, 4) is 28.8 Å². The molecule has 0 radical (unpaired) electrons. The Kier molecular flexibility index (Phi) is 4.10. The first kappa shape index (κ1) is 16.1. The Morgan fingerprint density at radius 3 is 2.44 bits per heavy atom. The van der Waals surface area contributed by atoms with Crippen LogP contribution in [0, 0.1) is 11.3 Å². The molecule has 3 aromatic rings. The van der Waals surface area contributed by atoms with Crippen LogP contribution in [0.1, 0.15) is 5.56 Å². The average Bonchev–Trinajstić information content (AvgIpc) is 2.64. The molecule has 0 bridgehead atoms. The molecule has 25 heavy (non-hydrogen) atoms. The van der Waals surface area contributed by atoms with Crippen LogP contribution in [0.2, 0.25) is 0 Å². The molecule has 3 rings (SSSR count). The lowest BCUT2D eigenvalue weighted by atomic mass is 10.0. The van der Waals surface area contributed by atoms with E-state index in [1.54, 1.807) is 36.4 Å². The number of aromatic nitrogens is 2. The smallest absolute Gasteiger partial charge is 0.366 e. The summed E-state index contributed by atoms with van der Waals surface area (Å²) >= 11 is 0. The third kappa shape index (κ3) is 3.14. The molecule has 1 N–H and O–H groups in total. The Hall–Kier alpha value is -3.79. The van der Waals surface area contributed by atoms with E-state index in [1.807, 2.05) is 12.1 Å². The molecular weight excluding hydrogens is 322 g/mol. The topological polar surface area (TPSA) is 97.2 Å². The van der Waals surface area contributed by atoms with Crippen molar-refractivity contribution in [2.75, 3.05) is 0 Å². The fraction of sp³-hybridized carbons (Fsp3) is 0.0556. The number of rotatable bonds is 3. The zero-order chi connectivity index (χ0) is 18.0. The normalized spacial score (nSPS) is 10.2. The van der Waals surface area contributed by atoms with Crippen molar-refractivity contribution in [2.24, 2.45) is 7.05 Å². The molecule has 7 nitrogen and oxygen atoms in total. The van der Waals surface area contributed by atoms with Crippen molar-refractivity contribution in [1.82, 2.24) is 9.30 Å². The third-order valence-corrected chi connectivity index (χ3v) is 3.64. The standard InChI is InChI=1S/C18H13N3O4/c1-20-17(10-16(22)21(24)18(20)23)25-15-7-3-6-14(9-15)13-5-2-4-12(8-13)11-19/h2-10,24H,1H3. The maximum Gasteiger partial charge on any atom is 0.366 e. The van der Waals surface area contributed by atoms with Gasteiger partial charge in [-0.25, -0.2) is 4.79 Å². The van der Waals surface area contributed by atoms with Crippen LogP contribution in [0.3, 0.4) is 0 Å². The number of hydrogen-bond acceptors (Lipinski definition) is 5. The van der Waals surface area contributed by atoms with Gasteiger partial charge in [-0.3, -0.25) is 9.36 Å². The SMILES string of the molecule is Cn1c(Oc2cccc(-c3cccc(C#N)c3)c2)cc(=O)n(O)c1=O. The van der Waals surface area contributed by atoms with E-state index in [4.69, 9.17) is 10.00 Å². The second-order valence-corrected chi connectivity index (χ2v) is 5.30. The molecule has 0 aliphatic carbocycles. The fourth-order valence-corrected chi connectivity index (χ4v) is 2.32. The van der Waals surface area contributed by atoms with Crippen molar-refractivity contribution < 1.29 is 9.94 Å². The Labute approximate surface area is 142 Å². The van der Waals surface area contributed by atoms with Gasteiger partial charge in [0.05, 0.1) is 17.7 Å². The van der Waals surface area contributed by atoms with Crippen molar-refractivity contribution >= 4 is 0 Å². The van der Waals surface area contributed by atoms with Gasteiger partial charge in [0.1, 0.15) is 5.75 Å². The first-order valence-corrected chi connectivity index (χ1v) is 7.30. The van der Waals surface area contributed by atoms with Crippen LogP contribution >= 0.6 is 0 Å². The molecule has 1 heterocycles. The second kappa shape index (κ2) is 6.37. The van der Waals surface area contributed by atoms with Gasteiger partial charge in [0.25, 0.3) is 5.56 Å². The Balaban J connectivity index is 2.00. The molecule has 0 amide bonds. The summed E-state index contributed by atoms with van der Waals surface area (Å²) in [5.74, 6) is 0.410. The second-order valence-electron chi connectivity index (χ2n) is 5.30. The van der Waals surface area contributed by atoms with Crippen molar-refractivity contribution in [3.63, 3.8) is 0 Å². The summed E-state index contributed by atoms with van der Waals surface area (Å²) in [6.07, 6.45) is 0. The number of nitrogens with zero attached hydrogens (tertiary/aromatic N) is 3. The van der Waals surface area contributed by atoms with Crippen molar-refractivity contribution in [2.45, 2.75) is 0 Å². The summed E-state index contributed by atoms with van der Waals surface area (Å²) < 4.78 is 6.65. The first-order chi connectivity index (χ1) is 12.0. The summed E-state index contributed by atoms with van der Waals surface area (Å²) in [5, 5.41) is 18.3. The number of hydrogen-bond donors (Lipinski definition) is 1. The first-order valence-electron chi connectivity index (χ1n) is 7.30. The molecule has 1 aromatic heterocycles. The van der Waals surface area contributed by atoms with E-state index in [0.29, 0.717) is 11.3 Å². The van der Waals surface area contributed by atoms with Crippen LogP contribution in [-0.2, 0) is 7.05 Å². The monoisotopic (exact) mass is 335 g/mol. The number of nitriles is 1. The molecule has 0 saturated heterocycles. The highest BCUT2D eigenvalue weighted by molar-refractivity contribution is 5.66. The van der Waals surface area contributed by atoms with Gasteiger partial charge in [-0.1, -0.05) is 29.0 Å². The van der Waals surface area contributed by atoms with Crippen LogP contribution in [0.5, 0.6) is 11.6 Å². The summed E-state index contributed by atoms with van der Waals surface area (Å²) in [6.45, 7) is 0. The van der Waals surface area contributed by atoms with Crippen LogP contribution in [0.15, 0.2) is 64.2 Å². The maximum atomic E-state index is 11.7. The molecule has 7 heteroatoms. The Morgan fingerprint density at radius 1 is 1.04 bits per heavy atom. The van der Waals surface area contributed by atoms with E-state index in [1.165, 1.54) is 7.05 Å². The quantitative estimate of drug-likeness (QED) is 0.739. The highest BCUT2D eigenvalue weighted by Gasteiger charge is 2.10. The molecule has 0 atom stereocenters. The molecule has 0 saturated carbocycles. The van der Waals surface area contributed by atoms with Crippen LogP contribution in [0.4, 0.5) is 0 Å². The highest BCUT2D eigenvalue weighted by atomic mass is 16.5. The minimum atomic E-state index is -0.902.